The van der Waals surface area contributed by atoms with Gasteiger partial charge >= 0.3 is 127 Å². The van der Waals surface area contributed by atoms with Crippen molar-refractivity contribution in [2.75, 3.05) is 0 Å². The predicted octanol–water partition coefficient (Wildman–Crippen LogP) is 0.496. The normalized spacial score (nSPS) is 42.9. The van der Waals surface area contributed by atoms with E-state index in [1.807, 2.05) is 0 Å². The summed E-state index contributed by atoms with van der Waals surface area (Å²) >= 11 is -2.70. The first-order valence-electron chi connectivity index (χ1n) is 6.07. The van der Waals surface area contributed by atoms with Gasteiger partial charge in [-0.15, -0.1) is 0 Å². The molecule has 0 aliphatic carbocycles. The van der Waals surface area contributed by atoms with E-state index < -0.39 is 57.7 Å². The second-order valence-electron chi connectivity index (χ2n) is 5.66. The van der Waals surface area contributed by atoms with E-state index in [0.717, 1.165) is 6.42 Å². The quantitative estimate of drug-likeness (QED) is 0.426. The molecule has 0 amide bonds. The van der Waals surface area contributed by atoms with Gasteiger partial charge in [0.2, 0.25) is 0 Å². The molecule has 2 aliphatic heterocycles. The van der Waals surface area contributed by atoms with Crippen molar-refractivity contribution in [2.24, 2.45) is 0 Å². The molecule has 2 rings (SSSR count). The summed E-state index contributed by atoms with van der Waals surface area (Å²) in [7, 11) is 0. The molecule has 1 spiro atoms. The molecule has 2 fully saturated rings. The third kappa shape index (κ3) is 1.78. The fourth-order valence-corrected chi connectivity index (χ4v) is 47.3. The van der Waals surface area contributed by atoms with E-state index in [2.05, 4.69) is 13.2 Å². The number of rotatable bonds is 7. The van der Waals surface area contributed by atoms with Crippen molar-refractivity contribution in [2.45, 2.75) is 27.6 Å². The molecule has 2 heterocycles. The monoisotopic (exact) mass is 466 g/mol. The van der Waals surface area contributed by atoms with Gasteiger partial charge in [-0.3, -0.25) is 0 Å². The fourth-order valence-electron chi connectivity index (χ4n) is 3.95. The van der Waals surface area contributed by atoms with E-state index >= 15 is 0 Å². The van der Waals surface area contributed by atoms with Crippen molar-refractivity contribution < 1.29 is 19.8 Å². The summed E-state index contributed by atoms with van der Waals surface area (Å²) in [6.45, 7) is 7.39. The zero-order valence-corrected chi connectivity index (χ0v) is 18.4. The molecule has 6 heteroatoms. The third-order valence-corrected chi connectivity index (χ3v) is 42.0. The number of allylic oxidation sites excluding steroid dienone is 2. The van der Waals surface area contributed by atoms with Crippen LogP contribution in [0.15, 0.2) is 25.3 Å². The molecule has 0 bridgehead atoms. The topological polar surface area (TPSA) is 74.6 Å². The molecule has 18 heavy (non-hydrogen) atoms. The van der Waals surface area contributed by atoms with Crippen LogP contribution in [-0.2, 0) is 9.59 Å². The first-order chi connectivity index (χ1) is 8.40. The number of carboxylic acid groups (broad SMARTS) is 2. The first-order valence-corrected chi connectivity index (χ1v) is 14.1. The molecule has 4 nitrogen and oxygen atoms in total. The second kappa shape index (κ2) is 4.54. The van der Waals surface area contributed by atoms with E-state index in [9.17, 15) is 14.7 Å². The Hall–Kier alpha value is 0.0174. The van der Waals surface area contributed by atoms with E-state index in [1.54, 1.807) is 12.2 Å². The van der Waals surface area contributed by atoms with E-state index in [4.69, 9.17) is 5.11 Å². The van der Waals surface area contributed by atoms with Gasteiger partial charge in [0, 0.05) is 0 Å². The van der Waals surface area contributed by atoms with Gasteiger partial charge < -0.3 is 0 Å². The summed E-state index contributed by atoms with van der Waals surface area (Å²) in [5.41, 5.74) is 0. The Balaban J connectivity index is 2.26. The maximum absolute atomic E-state index is 11.6. The number of aliphatic carboxylic acids is 2. The zero-order valence-electron chi connectivity index (χ0n) is 10.3. The molecule has 0 aromatic carbocycles. The van der Waals surface area contributed by atoms with Gasteiger partial charge in [-0.05, 0) is 0 Å². The molecule has 2 N–H and O–H groups in total. The summed E-state index contributed by atoms with van der Waals surface area (Å²) in [6.07, 6.45) is 4.97. The van der Waals surface area contributed by atoms with Gasteiger partial charge in [0.05, 0.1) is 0 Å². The van der Waals surface area contributed by atoms with Crippen molar-refractivity contribution in [3.05, 3.63) is 25.3 Å². The Labute approximate surface area is 126 Å². The molecule has 3 atom stereocenters. The van der Waals surface area contributed by atoms with Crippen LogP contribution in [0.3, 0.4) is 0 Å². The van der Waals surface area contributed by atoms with E-state index in [-0.39, 0.29) is 11.3 Å². The molecule has 0 aromatic heterocycles. The second-order valence-corrected chi connectivity index (χ2v) is 30.0. The summed E-state index contributed by atoms with van der Waals surface area (Å²) in [5, 5.41) is 18.6. The summed E-state index contributed by atoms with van der Waals surface area (Å²) in [6, 6.07) is 0. The van der Waals surface area contributed by atoms with Crippen LogP contribution in [0.5, 0.6) is 0 Å². The van der Waals surface area contributed by atoms with E-state index in [0.29, 0.717) is 6.42 Å². The molecule has 2 saturated heterocycles. The minimum absolute atomic E-state index is 0.0793. The Morgan fingerprint density at radius 1 is 1.11 bits per heavy atom. The third-order valence-electron chi connectivity index (χ3n) is 4.85. The SMILES string of the molecule is C=CC[C]1(CC(=O)O)[SnH2][C]12[SnH2][C]2(CC=C)C(=O)O. The average molecular weight is 464 g/mol. The number of hydrogen-bond acceptors (Lipinski definition) is 2. The number of hydrogen-bond donors (Lipinski definition) is 2. The number of carbonyl (C=O) groups is 2. The predicted molar refractivity (Wildman–Crippen MR) is 74.7 cm³/mol. The molecule has 2 aliphatic rings. The van der Waals surface area contributed by atoms with Crippen LogP contribution in [-0.4, -0.2) is 64.4 Å². The fraction of sp³-hybridized carbons (Fsp3) is 0.500. The summed E-state index contributed by atoms with van der Waals surface area (Å²) < 4.78 is -0.499. The summed E-state index contributed by atoms with van der Waals surface area (Å²) in [5.74, 6) is -1.45. The van der Waals surface area contributed by atoms with E-state index in [1.165, 1.54) is 0 Å². The van der Waals surface area contributed by atoms with Gasteiger partial charge in [-0.1, -0.05) is 0 Å². The maximum atomic E-state index is 11.6. The van der Waals surface area contributed by atoms with Crippen LogP contribution in [0.4, 0.5) is 0 Å². The minimum atomic E-state index is -1.40. The first kappa shape index (κ1) is 14.4. The molecule has 98 valence electrons. The van der Waals surface area contributed by atoms with Crippen molar-refractivity contribution in [1.82, 2.24) is 0 Å². The van der Waals surface area contributed by atoms with Crippen LogP contribution < -0.4 is 0 Å². The molecule has 0 saturated carbocycles. The van der Waals surface area contributed by atoms with Crippen molar-refractivity contribution in [3.63, 3.8) is 0 Å². The van der Waals surface area contributed by atoms with Gasteiger partial charge in [0.25, 0.3) is 0 Å². The standard InChI is InChI=1S/C12H14O4.2Sn.4H/c1-3-5-9(8-11(13)14)7-10(6-4-2)12(15)16;;;;;;/h3-4H,1-2,5-6,8H2,(H,13,14)(H,15,16);;;;;;. The summed E-state index contributed by atoms with van der Waals surface area (Å²) in [4.78, 5) is 22.6. The van der Waals surface area contributed by atoms with Gasteiger partial charge in [0.15, 0.2) is 0 Å². The Bertz CT molecular complexity index is 449. The molecule has 0 aromatic rings. The van der Waals surface area contributed by atoms with Crippen LogP contribution >= 0.6 is 0 Å². The van der Waals surface area contributed by atoms with Crippen LogP contribution in [0.25, 0.3) is 0 Å². The van der Waals surface area contributed by atoms with Gasteiger partial charge in [-0.25, -0.2) is 0 Å². The Morgan fingerprint density at radius 2 is 1.72 bits per heavy atom. The van der Waals surface area contributed by atoms with Crippen molar-refractivity contribution >= 4 is 54.2 Å². The zero-order chi connectivity index (χ0) is 13.6. The van der Waals surface area contributed by atoms with Crippen LogP contribution in [0, 0.1) is 0 Å². The van der Waals surface area contributed by atoms with Gasteiger partial charge in [-0.2, -0.15) is 0 Å². The van der Waals surface area contributed by atoms with Crippen LogP contribution in [0.2, 0.25) is 8.31 Å². The Morgan fingerprint density at radius 3 is 2.17 bits per heavy atom. The molecule has 3 unspecified atom stereocenters. The molecule has 0 radical (unpaired) electrons. The molecular weight excluding hydrogens is 446 g/mol. The molecular formula is C12H18O4Sn2. The van der Waals surface area contributed by atoms with Crippen molar-refractivity contribution in [1.29, 1.82) is 0 Å². The average Bonchev–Trinajstić information content (AvgIpc) is 3.05. The van der Waals surface area contributed by atoms with Crippen molar-refractivity contribution in [3.8, 4) is 0 Å². The number of carboxylic acids is 2. The van der Waals surface area contributed by atoms with Crippen LogP contribution in [0.1, 0.15) is 19.3 Å². The Kier molecular flexibility index (Phi) is 3.64. The van der Waals surface area contributed by atoms with Gasteiger partial charge in [0.1, 0.15) is 0 Å².